The molecule has 0 bridgehead atoms. The first-order valence-corrected chi connectivity index (χ1v) is 9.55. The van der Waals surface area contributed by atoms with Crippen molar-refractivity contribution in [3.8, 4) is 0 Å². The highest BCUT2D eigenvalue weighted by Gasteiger charge is 2.18. The van der Waals surface area contributed by atoms with Gasteiger partial charge in [-0.05, 0) is 63.5 Å². The van der Waals surface area contributed by atoms with E-state index < -0.39 is 0 Å². The van der Waals surface area contributed by atoms with Gasteiger partial charge in [0.15, 0.2) is 0 Å². The van der Waals surface area contributed by atoms with E-state index >= 15 is 0 Å². The van der Waals surface area contributed by atoms with Crippen molar-refractivity contribution in [2.75, 3.05) is 16.0 Å². The summed E-state index contributed by atoms with van der Waals surface area (Å²) in [6, 6.07) is 16.6. The fourth-order valence-electron chi connectivity index (χ4n) is 3.05. The van der Waals surface area contributed by atoms with Gasteiger partial charge in [0.05, 0.1) is 12.0 Å². The van der Waals surface area contributed by atoms with E-state index in [1.807, 2.05) is 36.4 Å². The van der Waals surface area contributed by atoms with E-state index in [1.165, 1.54) is 0 Å². The Morgan fingerprint density at radius 2 is 2.00 bits per heavy atom. The van der Waals surface area contributed by atoms with Crippen LogP contribution in [0.3, 0.4) is 0 Å². The largest absolute Gasteiger partial charge is 0.380 e. The molecule has 2 aromatic carbocycles. The Hall–Kier alpha value is -3.19. The molecule has 1 aliphatic rings. The van der Waals surface area contributed by atoms with Crippen molar-refractivity contribution in [1.82, 2.24) is 4.98 Å². The van der Waals surface area contributed by atoms with Crippen LogP contribution < -0.4 is 16.0 Å². The smallest absolute Gasteiger partial charge is 0.257 e. The number of pyridine rings is 1. The van der Waals surface area contributed by atoms with Crippen molar-refractivity contribution in [1.29, 1.82) is 0 Å². The molecular weight excluding hydrogens is 420 g/mol. The molecule has 2 amide bonds. The summed E-state index contributed by atoms with van der Waals surface area (Å²) >= 11 is 3.32. The molecule has 0 atom stereocenters. The average molecular weight is 437 g/mol. The number of hydrogen-bond donors (Lipinski definition) is 3. The van der Waals surface area contributed by atoms with E-state index in [-0.39, 0.29) is 11.8 Å². The highest BCUT2D eigenvalue weighted by Crippen LogP contribution is 2.27. The Kier molecular flexibility index (Phi) is 5.08. The lowest BCUT2D eigenvalue weighted by molar-refractivity contribution is -0.115. The standard InChI is InChI=1S/C21H17BrN4O2/c22-19-8-5-13(12-24-19)11-23-18-4-2-1-3-16(18)21(28)25-15-6-7-17-14(9-15)10-20(27)26-17/h1-9,12,23H,10-11H2,(H,25,28)(H,26,27). The van der Waals surface area contributed by atoms with Crippen LogP contribution in [0.2, 0.25) is 0 Å². The average Bonchev–Trinajstić information content (AvgIpc) is 3.07. The van der Waals surface area contributed by atoms with Crippen LogP contribution in [0.25, 0.3) is 0 Å². The van der Waals surface area contributed by atoms with Gasteiger partial charge in [0.25, 0.3) is 5.91 Å². The first-order valence-electron chi connectivity index (χ1n) is 8.76. The van der Waals surface area contributed by atoms with Crippen LogP contribution in [-0.4, -0.2) is 16.8 Å². The fourth-order valence-corrected chi connectivity index (χ4v) is 3.28. The van der Waals surface area contributed by atoms with Gasteiger partial charge in [-0.3, -0.25) is 9.59 Å². The molecule has 3 aromatic rings. The fraction of sp³-hybridized carbons (Fsp3) is 0.0952. The summed E-state index contributed by atoms with van der Waals surface area (Å²) in [5.74, 6) is -0.246. The van der Waals surface area contributed by atoms with Crippen molar-refractivity contribution >= 4 is 44.8 Å². The maximum atomic E-state index is 12.8. The summed E-state index contributed by atoms with van der Waals surface area (Å²) in [6.45, 7) is 0.553. The van der Waals surface area contributed by atoms with E-state index in [9.17, 15) is 9.59 Å². The number of para-hydroxylation sites is 1. The third-order valence-corrected chi connectivity index (χ3v) is 4.90. The third-order valence-electron chi connectivity index (χ3n) is 4.43. The lowest BCUT2D eigenvalue weighted by atomic mass is 10.1. The minimum atomic E-state index is -0.214. The Morgan fingerprint density at radius 3 is 2.82 bits per heavy atom. The van der Waals surface area contributed by atoms with Crippen molar-refractivity contribution in [2.45, 2.75) is 13.0 Å². The SMILES string of the molecule is O=C1Cc2cc(NC(=O)c3ccccc3NCc3ccc(Br)nc3)ccc2N1. The zero-order chi connectivity index (χ0) is 19.5. The molecular formula is C21H17BrN4O2. The predicted molar refractivity (Wildman–Crippen MR) is 112 cm³/mol. The normalized spacial score (nSPS) is 12.2. The van der Waals surface area contributed by atoms with Crippen molar-refractivity contribution in [3.63, 3.8) is 0 Å². The van der Waals surface area contributed by atoms with Crippen LogP contribution in [0.15, 0.2) is 65.4 Å². The Morgan fingerprint density at radius 1 is 1.14 bits per heavy atom. The lowest BCUT2D eigenvalue weighted by Crippen LogP contribution is -2.15. The molecule has 0 radical (unpaired) electrons. The Labute approximate surface area is 170 Å². The molecule has 140 valence electrons. The van der Waals surface area contributed by atoms with Crippen LogP contribution in [0.5, 0.6) is 0 Å². The van der Waals surface area contributed by atoms with Gasteiger partial charge in [-0.1, -0.05) is 18.2 Å². The summed E-state index contributed by atoms with van der Waals surface area (Å²) in [7, 11) is 0. The number of amides is 2. The second-order valence-electron chi connectivity index (χ2n) is 6.44. The van der Waals surface area contributed by atoms with E-state index in [4.69, 9.17) is 0 Å². The molecule has 7 heteroatoms. The number of benzene rings is 2. The van der Waals surface area contributed by atoms with Crippen molar-refractivity contribution in [3.05, 3.63) is 82.1 Å². The Balaban J connectivity index is 1.48. The molecule has 0 saturated carbocycles. The molecule has 4 rings (SSSR count). The zero-order valence-electron chi connectivity index (χ0n) is 14.8. The van der Waals surface area contributed by atoms with Crippen LogP contribution >= 0.6 is 15.9 Å². The van der Waals surface area contributed by atoms with Crippen LogP contribution in [0.4, 0.5) is 17.1 Å². The number of carbonyl (C=O) groups excluding carboxylic acids is 2. The quantitative estimate of drug-likeness (QED) is 0.523. The molecule has 6 nitrogen and oxygen atoms in total. The summed E-state index contributed by atoms with van der Waals surface area (Å²) < 4.78 is 0.780. The van der Waals surface area contributed by atoms with Crippen LogP contribution in [0.1, 0.15) is 21.5 Å². The maximum absolute atomic E-state index is 12.8. The molecule has 2 heterocycles. The third kappa shape index (κ3) is 4.04. The van der Waals surface area contributed by atoms with Gasteiger partial charge in [-0.25, -0.2) is 4.98 Å². The molecule has 0 fully saturated rings. The minimum absolute atomic E-state index is 0.0320. The van der Waals surface area contributed by atoms with Gasteiger partial charge in [-0.15, -0.1) is 0 Å². The van der Waals surface area contributed by atoms with Crippen LogP contribution in [-0.2, 0) is 17.8 Å². The van der Waals surface area contributed by atoms with Crippen molar-refractivity contribution < 1.29 is 9.59 Å². The van der Waals surface area contributed by atoms with Gasteiger partial charge in [0.1, 0.15) is 4.60 Å². The minimum Gasteiger partial charge on any atom is -0.380 e. The molecule has 0 unspecified atom stereocenters. The van der Waals surface area contributed by atoms with Gasteiger partial charge >= 0.3 is 0 Å². The molecule has 1 aromatic heterocycles. The molecule has 3 N–H and O–H groups in total. The number of anilines is 3. The second-order valence-corrected chi connectivity index (χ2v) is 7.25. The van der Waals surface area contributed by atoms with E-state index in [0.29, 0.717) is 24.2 Å². The first kappa shape index (κ1) is 18.2. The summed E-state index contributed by atoms with van der Waals surface area (Å²) in [6.07, 6.45) is 2.11. The number of halogens is 1. The van der Waals surface area contributed by atoms with E-state index in [1.54, 1.807) is 24.4 Å². The van der Waals surface area contributed by atoms with Gasteiger partial charge in [-0.2, -0.15) is 0 Å². The molecule has 28 heavy (non-hydrogen) atoms. The van der Waals surface area contributed by atoms with Crippen molar-refractivity contribution in [2.24, 2.45) is 0 Å². The number of carbonyl (C=O) groups is 2. The molecule has 0 saturated heterocycles. The summed E-state index contributed by atoms with van der Waals surface area (Å²) in [5.41, 5.74) is 4.63. The van der Waals surface area contributed by atoms with Gasteiger partial charge < -0.3 is 16.0 Å². The predicted octanol–water partition coefficient (Wildman–Crippen LogP) is 4.20. The number of nitrogens with one attached hydrogen (secondary N) is 3. The summed E-state index contributed by atoms with van der Waals surface area (Å²) in [5, 5.41) is 8.99. The summed E-state index contributed by atoms with van der Waals surface area (Å²) in [4.78, 5) is 28.5. The van der Waals surface area contributed by atoms with E-state index in [2.05, 4.69) is 36.9 Å². The molecule has 1 aliphatic heterocycles. The highest BCUT2D eigenvalue weighted by molar-refractivity contribution is 9.10. The first-order chi connectivity index (χ1) is 13.6. The molecule has 0 aliphatic carbocycles. The number of rotatable bonds is 5. The highest BCUT2D eigenvalue weighted by atomic mass is 79.9. The second kappa shape index (κ2) is 7.82. The Bertz CT molecular complexity index is 1050. The van der Waals surface area contributed by atoms with Gasteiger partial charge in [0.2, 0.25) is 5.91 Å². The van der Waals surface area contributed by atoms with Gasteiger partial charge in [0, 0.05) is 29.8 Å². The van der Waals surface area contributed by atoms with E-state index in [0.717, 1.165) is 27.1 Å². The monoisotopic (exact) mass is 436 g/mol. The topological polar surface area (TPSA) is 83.1 Å². The molecule has 0 spiro atoms. The van der Waals surface area contributed by atoms with Crippen LogP contribution in [0, 0.1) is 0 Å². The number of nitrogens with zero attached hydrogens (tertiary/aromatic N) is 1. The lowest BCUT2D eigenvalue weighted by Gasteiger charge is -2.13. The number of hydrogen-bond acceptors (Lipinski definition) is 4. The number of fused-ring (bicyclic) bond motifs is 1. The number of aromatic nitrogens is 1. The maximum Gasteiger partial charge on any atom is 0.257 e. The zero-order valence-corrected chi connectivity index (χ0v) is 16.4.